The zero-order valence-electron chi connectivity index (χ0n) is 19.7. The van der Waals surface area contributed by atoms with Crippen LogP contribution in [0.3, 0.4) is 0 Å². The Balaban J connectivity index is 1.51. The number of imide groups is 3. The summed E-state index contributed by atoms with van der Waals surface area (Å²) >= 11 is 0. The third-order valence-electron chi connectivity index (χ3n) is 7.15. The maximum absolute atomic E-state index is 13.8. The van der Waals surface area contributed by atoms with Gasteiger partial charge in [0.05, 0.1) is 31.7 Å². The van der Waals surface area contributed by atoms with Crippen molar-refractivity contribution in [2.75, 3.05) is 13.7 Å². The lowest BCUT2D eigenvalue weighted by Gasteiger charge is -2.30. The van der Waals surface area contributed by atoms with Crippen LogP contribution >= 0.6 is 0 Å². The zero-order valence-corrected chi connectivity index (χ0v) is 19.7. The second-order valence-electron chi connectivity index (χ2n) is 9.28. The number of ether oxygens (including phenoxy) is 2. The molecule has 7 nitrogen and oxygen atoms in total. The molecule has 0 radical (unpaired) electrons. The monoisotopic (exact) mass is 471 g/mol. The number of allylic oxidation sites excluding steroid dienone is 2. The largest absolute Gasteiger partial charge is 0.505 e. The number of methoxy groups -OCH3 is 1. The molecule has 0 bridgehead atoms. The molecule has 2 heterocycles. The second-order valence-corrected chi connectivity index (χ2v) is 9.28. The Bertz CT molecular complexity index is 1080. The van der Waals surface area contributed by atoms with Gasteiger partial charge in [-0.15, -0.1) is 0 Å². The van der Waals surface area contributed by atoms with Crippen LogP contribution < -0.4 is 0 Å². The number of fused-ring (bicyclic) bond motifs is 3. The van der Waals surface area contributed by atoms with Crippen LogP contribution in [-0.4, -0.2) is 47.7 Å². The van der Waals surface area contributed by atoms with E-state index in [1.165, 1.54) is 12.1 Å². The first kappa shape index (κ1) is 24.1. The molecule has 2 saturated heterocycles. The van der Waals surface area contributed by atoms with Crippen LogP contribution in [0.5, 0.6) is 5.75 Å². The lowest BCUT2D eigenvalue weighted by atomic mass is 9.70. The van der Waals surface area contributed by atoms with Gasteiger partial charge in [-0.2, -0.15) is 4.90 Å². The average Bonchev–Trinajstić information content (AvgIpc) is 3.33. The van der Waals surface area contributed by atoms with Gasteiger partial charge in [0.2, 0.25) is 11.8 Å². The van der Waals surface area contributed by atoms with Gasteiger partial charge in [0.25, 0.3) is 0 Å². The lowest BCUT2D eigenvalue weighted by molar-refractivity contribution is -0.137. The quantitative estimate of drug-likeness (QED) is 0.482. The number of carbonyl (C=O) groups excluding carboxylic acids is 3. The Morgan fingerprint density at radius 3 is 2.71 bits per heavy atom. The Labute approximate surface area is 198 Å². The number of benzene rings is 1. The van der Waals surface area contributed by atoms with Gasteiger partial charge >= 0.3 is 6.09 Å². The Hall–Kier alpha value is -3.00. The lowest BCUT2D eigenvalue weighted by Crippen LogP contribution is -2.37. The maximum atomic E-state index is 13.8. The van der Waals surface area contributed by atoms with Crippen molar-refractivity contribution in [2.24, 2.45) is 17.8 Å². The van der Waals surface area contributed by atoms with Crippen LogP contribution in [0.4, 0.5) is 9.18 Å². The number of nitrogens with zero attached hydrogens (tertiary/aromatic N) is 1. The van der Waals surface area contributed by atoms with Crippen molar-refractivity contribution in [1.29, 1.82) is 0 Å². The minimum Gasteiger partial charge on any atom is -0.505 e. The van der Waals surface area contributed by atoms with Crippen LogP contribution in [0.15, 0.2) is 34.9 Å². The highest BCUT2D eigenvalue weighted by molar-refractivity contribution is 6.16. The molecular formula is C26H30FNO6. The smallest absolute Gasteiger partial charge is 0.423 e. The van der Waals surface area contributed by atoms with Crippen LogP contribution in [0.1, 0.15) is 51.5 Å². The number of carbonyl (C=O) groups is 3. The first-order chi connectivity index (χ1) is 16.3. The van der Waals surface area contributed by atoms with E-state index >= 15 is 0 Å². The number of phenols is 1. The van der Waals surface area contributed by atoms with E-state index in [-0.39, 0.29) is 17.8 Å². The number of halogens is 1. The van der Waals surface area contributed by atoms with Gasteiger partial charge in [0.1, 0.15) is 0 Å². The molecule has 4 rings (SSSR count). The highest BCUT2D eigenvalue weighted by Crippen LogP contribution is 2.49. The summed E-state index contributed by atoms with van der Waals surface area (Å²) in [6, 6.07) is 4.34. The minimum absolute atomic E-state index is 0.169. The second kappa shape index (κ2) is 9.70. The van der Waals surface area contributed by atoms with Crippen molar-refractivity contribution >= 4 is 24.0 Å². The topological polar surface area (TPSA) is 93.1 Å². The van der Waals surface area contributed by atoms with Crippen molar-refractivity contribution in [3.8, 4) is 5.75 Å². The summed E-state index contributed by atoms with van der Waals surface area (Å²) in [7, 11) is 1.16. The van der Waals surface area contributed by atoms with E-state index in [9.17, 15) is 23.9 Å². The molecule has 0 aromatic heterocycles. The number of likely N-dealkylation sites (tertiary alicyclic amines) is 1. The summed E-state index contributed by atoms with van der Waals surface area (Å²) in [5, 5.41) is 9.43. The third-order valence-corrected chi connectivity index (χ3v) is 7.15. The summed E-state index contributed by atoms with van der Waals surface area (Å²) < 4.78 is 24.5. The molecule has 4 atom stereocenters. The average molecular weight is 472 g/mol. The number of hydrogen-bond acceptors (Lipinski definition) is 6. The van der Waals surface area contributed by atoms with Crippen molar-refractivity contribution in [2.45, 2.75) is 52.1 Å². The molecule has 1 N–H and O–H groups in total. The number of amides is 3. The van der Waals surface area contributed by atoms with Crippen LogP contribution in [-0.2, 0) is 19.1 Å². The summed E-state index contributed by atoms with van der Waals surface area (Å²) in [6.45, 7) is 4.39. The van der Waals surface area contributed by atoms with Crippen molar-refractivity contribution in [3.63, 3.8) is 0 Å². The van der Waals surface area contributed by atoms with E-state index in [1.807, 2.05) is 13.0 Å². The van der Waals surface area contributed by atoms with E-state index in [2.05, 4.69) is 11.7 Å². The van der Waals surface area contributed by atoms with Crippen LogP contribution in [0.2, 0.25) is 0 Å². The summed E-state index contributed by atoms with van der Waals surface area (Å²) in [5.74, 6) is -3.38. The van der Waals surface area contributed by atoms with Crippen LogP contribution in [0, 0.1) is 23.6 Å². The van der Waals surface area contributed by atoms with Gasteiger partial charge in [-0.05, 0) is 55.9 Å². The molecule has 0 unspecified atom stereocenters. The normalized spacial score (nSPS) is 26.7. The molecule has 3 aliphatic rings. The van der Waals surface area contributed by atoms with Gasteiger partial charge in [-0.25, -0.2) is 9.18 Å². The standard InChI is InChI=1S/C26H30FNO6/c1-4-5-15(11-16-6-8-20(29)19(27)12-16)7-9-21-22-14(2)10-17-23(18(22)13-34-21)25(31)28(24(17)30)26(32)33-3/h6,8,11-12,17-18,21,23,29H,4-5,7,9-10,13H2,1-3H3/b15-11+/t17-,18+,21-,23-/m1/s1. The van der Waals surface area contributed by atoms with E-state index in [1.54, 1.807) is 6.07 Å². The highest BCUT2D eigenvalue weighted by atomic mass is 19.1. The molecule has 34 heavy (non-hydrogen) atoms. The van der Waals surface area contributed by atoms with Gasteiger partial charge in [0.15, 0.2) is 11.6 Å². The predicted molar refractivity (Wildman–Crippen MR) is 122 cm³/mol. The molecule has 3 amide bonds. The Morgan fingerprint density at radius 2 is 2.03 bits per heavy atom. The molecule has 182 valence electrons. The minimum atomic E-state index is -0.931. The zero-order chi connectivity index (χ0) is 24.6. The first-order valence-corrected chi connectivity index (χ1v) is 11.7. The Kier molecular flexibility index (Phi) is 6.89. The summed E-state index contributed by atoms with van der Waals surface area (Å²) in [6.07, 6.45) is 4.50. The molecule has 0 saturated carbocycles. The number of aromatic hydroxyl groups is 1. The van der Waals surface area contributed by atoms with Crippen molar-refractivity contribution < 1.29 is 33.4 Å². The van der Waals surface area contributed by atoms with E-state index < -0.39 is 35.6 Å². The summed E-state index contributed by atoms with van der Waals surface area (Å²) in [5.41, 5.74) is 3.96. The Morgan fingerprint density at radius 1 is 1.26 bits per heavy atom. The fourth-order valence-electron chi connectivity index (χ4n) is 5.66. The fraction of sp³-hybridized carbons (Fsp3) is 0.500. The molecule has 2 aliphatic heterocycles. The van der Waals surface area contributed by atoms with Crippen molar-refractivity contribution in [1.82, 2.24) is 4.90 Å². The predicted octanol–water partition coefficient (Wildman–Crippen LogP) is 4.60. The molecule has 1 aromatic rings. The number of phenolic OH excluding ortho intramolecular Hbond substituents is 1. The molecular weight excluding hydrogens is 441 g/mol. The molecule has 1 aromatic carbocycles. The van der Waals surface area contributed by atoms with Gasteiger partial charge in [-0.1, -0.05) is 36.6 Å². The molecule has 1 aliphatic carbocycles. The molecule has 0 spiro atoms. The SMILES string of the molecule is CCC/C(=C\c1ccc(O)c(F)c1)CC[C@H]1OC[C@H]2C1=C(C)C[C@H]1C(=O)N(C(=O)OC)C(=O)[C@H]12. The highest BCUT2D eigenvalue weighted by Gasteiger charge is 2.58. The van der Waals surface area contributed by atoms with E-state index in [4.69, 9.17) is 4.74 Å². The number of hydrogen-bond donors (Lipinski definition) is 1. The first-order valence-electron chi connectivity index (χ1n) is 11.7. The van der Waals surface area contributed by atoms with E-state index in [0.29, 0.717) is 29.9 Å². The van der Waals surface area contributed by atoms with Gasteiger partial charge < -0.3 is 14.6 Å². The summed E-state index contributed by atoms with van der Waals surface area (Å²) in [4.78, 5) is 38.4. The van der Waals surface area contributed by atoms with E-state index in [0.717, 1.165) is 43.1 Å². The molecule has 8 heteroatoms. The fourth-order valence-corrected chi connectivity index (χ4v) is 5.66. The van der Waals surface area contributed by atoms with Gasteiger partial charge in [-0.3, -0.25) is 9.59 Å². The number of rotatable bonds is 6. The third kappa shape index (κ3) is 4.27. The van der Waals surface area contributed by atoms with Crippen LogP contribution in [0.25, 0.3) is 6.08 Å². The van der Waals surface area contributed by atoms with Gasteiger partial charge in [0, 0.05) is 5.92 Å². The maximum Gasteiger partial charge on any atom is 0.423 e. The van der Waals surface area contributed by atoms with Crippen molar-refractivity contribution in [3.05, 3.63) is 46.3 Å². The molecule has 2 fully saturated rings.